The Bertz CT molecular complexity index is 219. The van der Waals surface area contributed by atoms with Crippen molar-refractivity contribution in [2.24, 2.45) is 0 Å². The Morgan fingerprint density at radius 3 is 2.05 bits per heavy atom. The largest absolute Gasteiger partial charge is 0.388 e. The number of hydrogen-bond donors (Lipinski definition) is 1. The van der Waals surface area contributed by atoms with Crippen LogP contribution in [0.3, 0.4) is 0 Å². The number of likely N-dealkylation sites (N-methyl/N-ethyl adjacent to an activating group) is 1. The molecule has 0 fully saturated rings. The zero-order chi connectivity index (χ0) is 15.4. The van der Waals surface area contributed by atoms with Crippen molar-refractivity contribution in [1.82, 2.24) is 0 Å². The minimum absolute atomic E-state index is 0.207. The van der Waals surface area contributed by atoms with Crippen LogP contribution in [0.25, 0.3) is 0 Å². The summed E-state index contributed by atoms with van der Waals surface area (Å²) in [6.07, 6.45) is 12.0. The summed E-state index contributed by atoms with van der Waals surface area (Å²) in [5.74, 6) is 0. The molecular formula is C17H37BrNO+. The first kappa shape index (κ1) is 20.4. The van der Waals surface area contributed by atoms with Gasteiger partial charge < -0.3 is 9.59 Å². The quantitative estimate of drug-likeness (QED) is 0.289. The second-order valence-electron chi connectivity index (χ2n) is 6.99. The number of unbranched alkanes of at least 4 members (excludes halogenated alkanes) is 6. The van der Waals surface area contributed by atoms with E-state index >= 15 is 0 Å². The van der Waals surface area contributed by atoms with Crippen LogP contribution in [0.5, 0.6) is 0 Å². The van der Waals surface area contributed by atoms with Gasteiger partial charge in [-0.25, -0.2) is 0 Å². The molecule has 0 saturated carbocycles. The number of hydrogen-bond acceptors (Lipinski definition) is 1. The molecule has 2 unspecified atom stereocenters. The average molecular weight is 351 g/mol. The predicted octanol–water partition coefficient (Wildman–Crippen LogP) is 4.74. The van der Waals surface area contributed by atoms with Crippen LogP contribution in [0.2, 0.25) is 0 Å². The number of aliphatic hydroxyl groups is 1. The van der Waals surface area contributed by atoms with E-state index < -0.39 is 0 Å². The molecule has 1 N–H and O–H groups in total. The first-order valence-corrected chi connectivity index (χ1v) is 9.43. The number of nitrogens with zero attached hydrogens (tertiary/aromatic N) is 1. The lowest BCUT2D eigenvalue weighted by atomic mass is 10.1. The van der Waals surface area contributed by atoms with Crippen molar-refractivity contribution in [2.75, 3.05) is 27.2 Å². The van der Waals surface area contributed by atoms with Crippen LogP contribution in [0, 0.1) is 0 Å². The van der Waals surface area contributed by atoms with Gasteiger partial charge in [0, 0.05) is 11.2 Å². The molecule has 3 heteroatoms. The lowest BCUT2D eigenvalue weighted by Gasteiger charge is -2.31. The monoisotopic (exact) mass is 350 g/mol. The highest BCUT2D eigenvalue weighted by atomic mass is 79.9. The minimum atomic E-state index is -0.207. The topological polar surface area (TPSA) is 20.2 Å². The van der Waals surface area contributed by atoms with E-state index in [1.54, 1.807) is 0 Å². The Hall–Kier alpha value is 0.400. The van der Waals surface area contributed by atoms with Gasteiger partial charge in [0.2, 0.25) is 0 Å². The van der Waals surface area contributed by atoms with Gasteiger partial charge in [0.1, 0.15) is 12.6 Å². The number of alkyl halides is 1. The highest BCUT2D eigenvalue weighted by Crippen LogP contribution is 2.17. The summed E-state index contributed by atoms with van der Waals surface area (Å²) in [6.45, 7) is 6.13. The smallest absolute Gasteiger partial charge is 0.104 e. The fourth-order valence-corrected chi connectivity index (χ4v) is 3.29. The summed E-state index contributed by atoms with van der Waals surface area (Å²) in [4.78, 5) is 0.643. The Balaban J connectivity index is 3.51. The maximum Gasteiger partial charge on any atom is 0.104 e. The molecule has 0 rings (SSSR count). The fraction of sp³-hybridized carbons (Fsp3) is 1.00. The summed E-state index contributed by atoms with van der Waals surface area (Å²) in [7, 11) is 4.42. The third-order valence-electron chi connectivity index (χ3n) is 3.93. The van der Waals surface area contributed by atoms with Crippen LogP contribution >= 0.6 is 15.9 Å². The van der Waals surface area contributed by atoms with E-state index in [2.05, 4.69) is 36.9 Å². The predicted molar refractivity (Wildman–Crippen MR) is 93.5 cm³/mol. The highest BCUT2D eigenvalue weighted by molar-refractivity contribution is 9.09. The zero-order valence-electron chi connectivity index (χ0n) is 14.2. The normalized spacial score (nSPS) is 15.3. The lowest BCUT2D eigenvalue weighted by Crippen LogP contribution is -2.45. The number of aliphatic hydroxyl groups excluding tert-OH is 1. The van der Waals surface area contributed by atoms with Crippen molar-refractivity contribution >= 4 is 15.9 Å². The second kappa shape index (κ2) is 12.0. The molecule has 122 valence electrons. The number of quaternary nitrogens is 1. The van der Waals surface area contributed by atoms with E-state index in [4.69, 9.17) is 0 Å². The van der Waals surface area contributed by atoms with Crippen molar-refractivity contribution in [3.8, 4) is 0 Å². The number of rotatable bonds is 13. The van der Waals surface area contributed by atoms with Crippen LogP contribution in [-0.4, -0.2) is 47.7 Å². The van der Waals surface area contributed by atoms with Crippen molar-refractivity contribution in [3.63, 3.8) is 0 Å². The molecule has 0 spiro atoms. The summed E-state index contributed by atoms with van der Waals surface area (Å²) in [5.41, 5.74) is 0. The summed E-state index contributed by atoms with van der Waals surface area (Å²) < 4.78 is 0.913. The molecule has 0 aromatic rings. The molecule has 0 aliphatic heterocycles. The first-order valence-electron chi connectivity index (χ1n) is 8.51. The van der Waals surface area contributed by atoms with Crippen LogP contribution in [0.1, 0.15) is 71.6 Å². The average Bonchev–Trinajstić information content (AvgIpc) is 2.34. The van der Waals surface area contributed by atoms with Crippen LogP contribution in [0.4, 0.5) is 0 Å². The van der Waals surface area contributed by atoms with Gasteiger partial charge in [-0.05, 0) is 13.3 Å². The van der Waals surface area contributed by atoms with E-state index in [9.17, 15) is 5.11 Å². The minimum Gasteiger partial charge on any atom is -0.388 e. The SMILES string of the molecule is CCCCCCCCCC(Br)CC[N+](C)(C)CC(C)O. The molecule has 20 heavy (non-hydrogen) atoms. The highest BCUT2D eigenvalue weighted by Gasteiger charge is 2.19. The van der Waals surface area contributed by atoms with E-state index in [0.29, 0.717) is 4.83 Å². The van der Waals surface area contributed by atoms with Gasteiger partial charge in [-0.1, -0.05) is 67.8 Å². The molecule has 0 radical (unpaired) electrons. The molecule has 0 aliphatic carbocycles. The molecule has 2 atom stereocenters. The Morgan fingerprint density at radius 2 is 1.50 bits per heavy atom. The van der Waals surface area contributed by atoms with Crippen LogP contribution < -0.4 is 0 Å². The Labute approximate surface area is 135 Å². The molecule has 0 aromatic heterocycles. The van der Waals surface area contributed by atoms with Gasteiger partial charge in [0.05, 0.1) is 20.6 Å². The molecular weight excluding hydrogens is 314 g/mol. The molecule has 0 aliphatic rings. The van der Waals surface area contributed by atoms with Crippen molar-refractivity contribution in [2.45, 2.75) is 82.6 Å². The van der Waals surface area contributed by atoms with Gasteiger partial charge in [-0.3, -0.25) is 0 Å². The lowest BCUT2D eigenvalue weighted by molar-refractivity contribution is -0.893. The van der Waals surface area contributed by atoms with E-state index in [0.717, 1.165) is 17.6 Å². The van der Waals surface area contributed by atoms with E-state index in [1.165, 1.54) is 57.8 Å². The first-order chi connectivity index (χ1) is 9.37. The molecule has 0 amide bonds. The maximum absolute atomic E-state index is 9.49. The van der Waals surface area contributed by atoms with Crippen LogP contribution in [0.15, 0.2) is 0 Å². The van der Waals surface area contributed by atoms with Crippen molar-refractivity contribution in [3.05, 3.63) is 0 Å². The van der Waals surface area contributed by atoms with E-state index in [1.807, 2.05) is 6.92 Å². The standard InChI is InChI=1S/C17H37BrNO/c1-5-6-7-8-9-10-11-12-17(18)13-14-19(3,4)15-16(2)20/h16-17,20H,5-15H2,1-4H3/q+1. The van der Waals surface area contributed by atoms with Gasteiger partial charge in [0.15, 0.2) is 0 Å². The van der Waals surface area contributed by atoms with Gasteiger partial charge in [0.25, 0.3) is 0 Å². The van der Waals surface area contributed by atoms with Crippen molar-refractivity contribution < 1.29 is 9.59 Å². The second-order valence-corrected chi connectivity index (χ2v) is 8.28. The van der Waals surface area contributed by atoms with Gasteiger partial charge in [-0.15, -0.1) is 0 Å². The fourth-order valence-electron chi connectivity index (χ4n) is 2.76. The Morgan fingerprint density at radius 1 is 0.950 bits per heavy atom. The molecule has 0 saturated heterocycles. The molecule has 2 nitrogen and oxygen atoms in total. The van der Waals surface area contributed by atoms with Crippen molar-refractivity contribution in [1.29, 1.82) is 0 Å². The summed E-state index contributed by atoms with van der Waals surface area (Å²) in [5, 5.41) is 9.49. The molecule has 0 aromatic carbocycles. The Kier molecular flexibility index (Phi) is 12.2. The van der Waals surface area contributed by atoms with E-state index in [-0.39, 0.29) is 6.10 Å². The third kappa shape index (κ3) is 13.4. The third-order valence-corrected chi connectivity index (χ3v) is 4.84. The van der Waals surface area contributed by atoms with Crippen LogP contribution in [-0.2, 0) is 0 Å². The zero-order valence-corrected chi connectivity index (χ0v) is 15.8. The summed E-state index contributed by atoms with van der Waals surface area (Å²) >= 11 is 3.82. The summed E-state index contributed by atoms with van der Waals surface area (Å²) in [6, 6.07) is 0. The van der Waals surface area contributed by atoms with Gasteiger partial charge in [-0.2, -0.15) is 0 Å². The van der Waals surface area contributed by atoms with Gasteiger partial charge >= 0.3 is 0 Å². The number of halogens is 1. The molecule has 0 heterocycles. The molecule has 0 bridgehead atoms. The maximum atomic E-state index is 9.49.